The molecule has 0 unspecified atom stereocenters. The van der Waals surface area contributed by atoms with Gasteiger partial charge in [0.15, 0.2) is 0 Å². The summed E-state index contributed by atoms with van der Waals surface area (Å²) in [5.74, 6) is -0.100. The molecule has 0 radical (unpaired) electrons. The van der Waals surface area contributed by atoms with Crippen molar-refractivity contribution >= 4 is 0 Å². The van der Waals surface area contributed by atoms with Crippen molar-refractivity contribution in [3.63, 3.8) is 0 Å². The average Bonchev–Trinajstić information content (AvgIpc) is 2.35. The molecule has 0 aliphatic heterocycles. The Bertz CT molecular complexity index is 423. The van der Waals surface area contributed by atoms with Crippen molar-refractivity contribution in [2.24, 2.45) is 5.73 Å². The first-order valence-electron chi connectivity index (χ1n) is 5.65. The molecule has 7 heteroatoms. The second kappa shape index (κ2) is 6.12. The maximum atomic E-state index is 12.1. The SMILES string of the molecule is CC[C@@H](O)[C@@H](N)c1cc(OC(F)(F)F)ccc1OC. The monoisotopic (exact) mass is 279 g/mol. The van der Waals surface area contributed by atoms with Gasteiger partial charge in [-0.25, -0.2) is 0 Å². The first-order valence-corrected chi connectivity index (χ1v) is 5.65. The minimum Gasteiger partial charge on any atom is -0.496 e. The number of alkyl halides is 3. The van der Waals surface area contributed by atoms with Crippen LogP contribution >= 0.6 is 0 Å². The Morgan fingerprint density at radius 3 is 2.47 bits per heavy atom. The second-order valence-electron chi connectivity index (χ2n) is 3.95. The molecule has 1 aromatic carbocycles. The average molecular weight is 279 g/mol. The largest absolute Gasteiger partial charge is 0.573 e. The molecule has 0 aromatic heterocycles. The lowest BCUT2D eigenvalue weighted by molar-refractivity contribution is -0.274. The minimum absolute atomic E-state index is 0.263. The third-order valence-corrected chi connectivity index (χ3v) is 2.63. The zero-order valence-electron chi connectivity index (χ0n) is 10.6. The van der Waals surface area contributed by atoms with E-state index < -0.39 is 24.3 Å². The molecule has 0 aliphatic carbocycles. The van der Waals surface area contributed by atoms with Crippen molar-refractivity contribution in [3.8, 4) is 11.5 Å². The van der Waals surface area contributed by atoms with Crippen LogP contribution < -0.4 is 15.2 Å². The molecular weight excluding hydrogens is 263 g/mol. The molecule has 19 heavy (non-hydrogen) atoms. The fourth-order valence-electron chi connectivity index (χ4n) is 1.63. The Morgan fingerprint density at radius 1 is 1.37 bits per heavy atom. The zero-order valence-corrected chi connectivity index (χ0v) is 10.6. The Hall–Kier alpha value is -1.47. The van der Waals surface area contributed by atoms with Crippen LogP contribution in [0.1, 0.15) is 24.9 Å². The number of halogens is 3. The molecule has 0 saturated heterocycles. The molecule has 0 saturated carbocycles. The van der Waals surface area contributed by atoms with E-state index in [4.69, 9.17) is 10.5 Å². The lowest BCUT2D eigenvalue weighted by Gasteiger charge is -2.21. The Labute approximate surface area is 108 Å². The molecule has 1 aromatic rings. The van der Waals surface area contributed by atoms with Crippen molar-refractivity contribution in [2.75, 3.05) is 7.11 Å². The van der Waals surface area contributed by atoms with Crippen molar-refractivity contribution < 1.29 is 27.8 Å². The summed E-state index contributed by atoms with van der Waals surface area (Å²) >= 11 is 0. The van der Waals surface area contributed by atoms with Crippen molar-refractivity contribution in [1.29, 1.82) is 0 Å². The number of aliphatic hydroxyl groups is 1. The van der Waals surface area contributed by atoms with Gasteiger partial charge in [0.2, 0.25) is 0 Å². The van der Waals surface area contributed by atoms with Gasteiger partial charge in [-0.15, -0.1) is 13.2 Å². The van der Waals surface area contributed by atoms with E-state index in [2.05, 4.69) is 4.74 Å². The number of ether oxygens (including phenoxy) is 2. The van der Waals surface area contributed by atoms with Gasteiger partial charge in [-0.3, -0.25) is 0 Å². The van der Waals surface area contributed by atoms with E-state index in [0.717, 1.165) is 12.1 Å². The zero-order chi connectivity index (χ0) is 14.6. The van der Waals surface area contributed by atoms with Gasteiger partial charge >= 0.3 is 6.36 Å². The van der Waals surface area contributed by atoms with Crippen LogP contribution in [-0.2, 0) is 0 Å². The number of methoxy groups -OCH3 is 1. The van der Waals surface area contributed by atoms with E-state index >= 15 is 0 Å². The van der Waals surface area contributed by atoms with E-state index in [9.17, 15) is 18.3 Å². The maximum Gasteiger partial charge on any atom is 0.573 e. The molecule has 0 fully saturated rings. The summed E-state index contributed by atoms with van der Waals surface area (Å²) in [6.07, 6.45) is -5.29. The van der Waals surface area contributed by atoms with Crippen LogP contribution in [-0.4, -0.2) is 24.7 Å². The van der Waals surface area contributed by atoms with Crippen LogP contribution in [0, 0.1) is 0 Å². The molecule has 2 atom stereocenters. The van der Waals surface area contributed by atoms with E-state index in [0.29, 0.717) is 12.2 Å². The van der Waals surface area contributed by atoms with Crippen molar-refractivity contribution in [3.05, 3.63) is 23.8 Å². The summed E-state index contributed by atoms with van der Waals surface area (Å²) in [5, 5.41) is 9.68. The third-order valence-electron chi connectivity index (χ3n) is 2.63. The van der Waals surface area contributed by atoms with Gasteiger partial charge < -0.3 is 20.3 Å². The summed E-state index contributed by atoms with van der Waals surface area (Å²) < 4.78 is 45.3. The quantitative estimate of drug-likeness (QED) is 0.868. The highest BCUT2D eigenvalue weighted by molar-refractivity contribution is 5.42. The number of benzene rings is 1. The first kappa shape index (κ1) is 15.6. The summed E-state index contributed by atoms with van der Waals surface area (Å²) in [5.41, 5.74) is 6.05. The Balaban J connectivity index is 3.09. The smallest absolute Gasteiger partial charge is 0.496 e. The first-order chi connectivity index (χ1) is 8.78. The number of rotatable bonds is 5. The summed E-state index contributed by atoms with van der Waals surface area (Å²) in [4.78, 5) is 0. The maximum absolute atomic E-state index is 12.1. The lowest BCUT2D eigenvalue weighted by Crippen LogP contribution is -2.26. The number of nitrogens with two attached hydrogens (primary N) is 1. The van der Waals surface area contributed by atoms with Crippen LogP contribution in [0.4, 0.5) is 13.2 Å². The predicted octanol–water partition coefficient (Wildman–Crippen LogP) is 2.36. The molecule has 0 spiro atoms. The fourth-order valence-corrected chi connectivity index (χ4v) is 1.63. The van der Waals surface area contributed by atoms with Crippen LogP contribution in [0.5, 0.6) is 11.5 Å². The Kier molecular flexibility index (Phi) is 5.02. The fraction of sp³-hybridized carbons (Fsp3) is 0.500. The minimum atomic E-state index is -4.78. The molecule has 0 bridgehead atoms. The van der Waals surface area contributed by atoms with Crippen molar-refractivity contribution in [2.45, 2.75) is 31.9 Å². The van der Waals surface area contributed by atoms with Gasteiger partial charge in [0.25, 0.3) is 0 Å². The summed E-state index contributed by atoms with van der Waals surface area (Å²) in [7, 11) is 1.37. The lowest BCUT2D eigenvalue weighted by atomic mass is 9.99. The molecule has 0 aliphatic rings. The van der Waals surface area contributed by atoms with Gasteiger partial charge in [0.05, 0.1) is 19.3 Å². The van der Waals surface area contributed by atoms with Gasteiger partial charge in [-0.05, 0) is 24.6 Å². The highest BCUT2D eigenvalue weighted by Crippen LogP contribution is 2.32. The molecule has 4 nitrogen and oxygen atoms in total. The molecule has 0 heterocycles. The molecule has 1 rings (SSSR count). The van der Waals surface area contributed by atoms with Gasteiger partial charge in [0.1, 0.15) is 11.5 Å². The van der Waals surface area contributed by atoms with Gasteiger partial charge in [-0.1, -0.05) is 6.92 Å². The van der Waals surface area contributed by atoms with E-state index in [1.807, 2.05) is 0 Å². The topological polar surface area (TPSA) is 64.7 Å². The predicted molar refractivity (Wildman–Crippen MR) is 62.9 cm³/mol. The summed E-state index contributed by atoms with van der Waals surface area (Å²) in [6, 6.07) is 2.71. The normalized spacial score (nSPS) is 14.9. The number of hydrogen-bond donors (Lipinski definition) is 2. The molecule has 108 valence electrons. The molecular formula is C12H16F3NO3. The number of aliphatic hydroxyl groups excluding tert-OH is 1. The highest BCUT2D eigenvalue weighted by Gasteiger charge is 2.31. The standard InChI is InChI=1S/C12H16F3NO3/c1-3-9(17)11(16)8-6-7(19-12(13,14)15)4-5-10(8)18-2/h4-6,9,11,17H,3,16H2,1-2H3/t9-,11+/m1/s1. The second-order valence-corrected chi connectivity index (χ2v) is 3.95. The Morgan fingerprint density at radius 2 is 2.00 bits per heavy atom. The van der Waals surface area contributed by atoms with Crippen LogP contribution in [0.15, 0.2) is 18.2 Å². The summed E-state index contributed by atoms with van der Waals surface area (Å²) in [6.45, 7) is 1.72. The third kappa shape index (κ3) is 4.29. The molecule has 3 N–H and O–H groups in total. The van der Waals surface area contributed by atoms with Gasteiger partial charge in [-0.2, -0.15) is 0 Å². The number of hydrogen-bond acceptors (Lipinski definition) is 4. The van der Waals surface area contributed by atoms with E-state index in [-0.39, 0.29) is 5.56 Å². The van der Waals surface area contributed by atoms with E-state index in [1.54, 1.807) is 6.92 Å². The van der Waals surface area contributed by atoms with Crippen LogP contribution in [0.3, 0.4) is 0 Å². The van der Waals surface area contributed by atoms with E-state index in [1.165, 1.54) is 13.2 Å². The highest BCUT2D eigenvalue weighted by atomic mass is 19.4. The van der Waals surface area contributed by atoms with Gasteiger partial charge in [0, 0.05) is 5.56 Å². The van der Waals surface area contributed by atoms with Crippen LogP contribution in [0.25, 0.3) is 0 Å². The van der Waals surface area contributed by atoms with Crippen molar-refractivity contribution in [1.82, 2.24) is 0 Å². The molecule has 0 amide bonds. The van der Waals surface area contributed by atoms with Crippen LogP contribution in [0.2, 0.25) is 0 Å².